The number of fused-ring (bicyclic) bond motifs is 1. The minimum atomic E-state index is -4.27. The molecule has 0 fully saturated rings. The molecule has 0 aromatic heterocycles. The standard InChI is InChI=1S/C13H16F3NO/c1-17(2)12(13(14,15)16)10-5-6-11-9(8-10)4-3-7-18-11/h5-6,8,12H,3-4,7H2,1-2H3. The molecule has 5 heteroatoms. The van der Waals surface area contributed by atoms with E-state index in [1.165, 1.54) is 25.1 Å². The highest BCUT2D eigenvalue weighted by atomic mass is 19.4. The maximum atomic E-state index is 13.0. The zero-order valence-corrected chi connectivity index (χ0v) is 10.4. The number of aryl methyl sites for hydroxylation is 1. The summed E-state index contributed by atoms with van der Waals surface area (Å²) in [7, 11) is 2.88. The topological polar surface area (TPSA) is 12.5 Å². The predicted octanol–water partition coefficient (Wildman–Crippen LogP) is 3.18. The summed E-state index contributed by atoms with van der Waals surface area (Å²) in [4.78, 5) is 1.19. The Balaban J connectivity index is 2.37. The summed E-state index contributed by atoms with van der Waals surface area (Å²) in [6.45, 7) is 0.642. The van der Waals surface area contributed by atoms with E-state index in [9.17, 15) is 13.2 Å². The van der Waals surface area contributed by atoms with Crippen molar-refractivity contribution in [2.45, 2.75) is 25.1 Å². The number of rotatable bonds is 2. The van der Waals surface area contributed by atoms with E-state index in [-0.39, 0.29) is 5.56 Å². The molecule has 0 aliphatic carbocycles. The SMILES string of the molecule is CN(C)C(c1ccc2c(c1)CCCO2)C(F)(F)F. The van der Waals surface area contributed by atoms with Gasteiger partial charge in [0.1, 0.15) is 11.8 Å². The average molecular weight is 259 g/mol. The fourth-order valence-electron chi connectivity index (χ4n) is 2.33. The van der Waals surface area contributed by atoms with Crippen LogP contribution in [0.5, 0.6) is 5.75 Å². The Bertz CT molecular complexity index is 429. The number of nitrogens with zero attached hydrogens (tertiary/aromatic N) is 1. The van der Waals surface area contributed by atoms with Crippen LogP contribution in [-0.2, 0) is 6.42 Å². The molecule has 0 spiro atoms. The van der Waals surface area contributed by atoms with E-state index >= 15 is 0 Å². The minimum absolute atomic E-state index is 0.275. The Kier molecular flexibility index (Phi) is 3.52. The van der Waals surface area contributed by atoms with Crippen LogP contribution in [0.25, 0.3) is 0 Å². The molecule has 1 unspecified atom stereocenters. The number of hydrogen-bond acceptors (Lipinski definition) is 2. The molecule has 1 atom stereocenters. The van der Waals surface area contributed by atoms with Crippen LogP contribution in [0.1, 0.15) is 23.6 Å². The fraction of sp³-hybridized carbons (Fsp3) is 0.538. The second-order valence-electron chi connectivity index (χ2n) is 4.73. The first-order chi connectivity index (χ1) is 8.39. The molecule has 100 valence electrons. The first-order valence-corrected chi connectivity index (χ1v) is 5.88. The molecule has 1 aromatic rings. The number of benzene rings is 1. The van der Waals surface area contributed by atoms with Gasteiger partial charge in [0.05, 0.1) is 6.61 Å². The van der Waals surface area contributed by atoms with Gasteiger partial charge in [-0.3, -0.25) is 4.90 Å². The first-order valence-electron chi connectivity index (χ1n) is 5.88. The minimum Gasteiger partial charge on any atom is -0.493 e. The molecule has 2 rings (SSSR count). The molecule has 0 saturated heterocycles. The number of ether oxygens (including phenoxy) is 1. The molecular weight excluding hydrogens is 243 g/mol. The Morgan fingerprint density at radius 2 is 2.00 bits per heavy atom. The lowest BCUT2D eigenvalue weighted by molar-refractivity contribution is -0.179. The van der Waals surface area contributed by atoms with Crippen molar-refractivity contribution in [3.05, 3.63) is 29.3 Å². The van der Waals surface area contributed by atoms with E-state index in [0.29, 0.717) is 12.4 Å². The van der Waals surface area contributed by atoms with Crippen molar-refractivity contribution >= 4 is 0 Å². The first kappa shape index (κ1) is 13.2. The molecular formula is C13H16F3NO. The van der Waals surface area contributed by atoms with Crippen LogP contribution in [0, 0.1) is 0 Å². The predicted molar refractivity (Wildman–Crippen MR) is 62.7 cm³/mol. The highest BCUT2D eigenvalue weighted by molar-refractivity contribution is 5.40. The van der Waals surface area contributed by atoms with Gasteiger partial charge in [-0.1, -0.05) is 12.1 Å². The lowest BCUT2D eigenvalue weighted by Crippen LogP contribution is -2.33. The Labute approximate surface area is 104 Å². The van der Waals surface area contributed by atoms with Crippen molar-refractivity contribution in [1.29, 1.82) is 0 Å². The van der Waals surface area contributed by atoms with E-state index in [4.69, 9.17) is 4.74 Å². The van der Waals surface area contributed by atoms with Gasteiger partial charge in [0, 0.05) is 0 Å². The number of hydrogen-bond donors (Lipinski definition) is 0. The van der Waals surface area contributed by atoms with Crippen molar-refractivity contribution in [1.82, 2.24) is 4.90 Å². The molecule has 18 heavy (non-hydrogen) atoms. The van der Waals surface area contributed by atoms with Gasteiger partial charge in [-0.15, -0.1) is 0 Å². The zero-order valence-electron chi connectivity index (χ0n) is 10.4. The molecule has 0 bridgehead atoms. The molecule has 1 aromatic carbocycles. The molecule has 1 aliphatic rings. The van der Waals surface area contributed by atoms with Crippen LogP contribution < -0.4 is 4.74 Å². The van der Waals surface area contributed by atoms with E-state index in [2.05, 4.69) is 0 Å². The summed E-state index contributed by atoms with van der Waals surface area (Å²) >= 11 is 0. The summed E-state index contributed by atoms with van der Waals surface area (Å²) in [6.07, 6.45) is -2.64. The van der Waals surface area contributed by atoms with Crippen LogP contribution in [-0.4, -0.2) is 31.8 Å². The maximum Gasteiger partial charge on any atom is 0.408 e. The summed E-state index contributed by atoms with van der Waals surface area (Å²) in [5.41, 5.74) is 1.15. The Morgan fingerprint density at radius 1 is 1.28 bits per heavy atom. The van der Waals surface area contributed by atoms with Gasteiger partial charge in [-0.25, -0.2) is 0 Å². The quantitative estimate of drug-likeness (QED) is 0.808. The van der Waals surface area contributed by atoms with Crippen molar-refractivity contribution in [2.75, 3.05) is 20.7 Å². The summed E-state index contributed by atoms with van der Waals surface area (Å²) in [5, 5.41) is 0. The van der Waals surface area contributed by atoms with Gasteiger partial charge in [0.15, 0.2) is 0 Å². The lowest BCUT2D eigenvalue weighted by atomic mass is 9.98. The smallest absolute Gasteiger partial charge is 0.408 e. The third-order valence-corrected chi connectivity index (χ3v) is 3.07. The average Bonchev–Trinajstić information content (AvgIpc) is 2.26. The lowest BCUT2D eigenvalue weighted by Gasteiger charge is -2.28. The van der Waals surface area contributed by atoms with E-state index in [0.717, 1.165) is 18.4 Å². The zero-order chi connectivity index (χ0) is 13.3. The van der Waals surface area contributed by atoms with Gasteiger partial charge >= 0.3 is 6.18 Å². The van der Waals surface area contributed by atoms with E-state index in [1.54, 1.807) is 12.1 Å². The van der Waals surface area contributed by atoms with Crippen molar-refractivity contribution in [2.24, 2.45) is 0 Å². The number of halogens is 3. The van der Waals surface area contributed by atoms with Crippen LogP contribution in [0.15, 0.2) is 18.2 Å². The highest BCUT2D eigenvalue weighted by Crippen LogP contribution is 2.38. The van der Waals surface area contributed by atoms with E-state index < -0.39 is 12.2 Å². The van der Waals surface area contributed by atoms with Crippen LogP contribution >= 0.6 is 0 Å². The Hall–Kier alpha value is -1.23. The number of alkyl halides is 3. The van der Waals surface area contributed by atoms with Gasteiger partial charge in [-0.2, -0.15) is 13.2 Å². The third-order valence-electron chi connectivity index (χ3n) is 3.07. The second kappa shape index (κ2) is 4.80. The molecule has 0 amide bonds. The normalized spacial score (nSPS) is 17.2. The Morgan fingerprint density at radius 3 is 2.61 bits per heavy atom. The van der Waals surface area contributed by atoms with Crippen molar-refractivity contribution < 1.29 is 17.9 Å². The third kappa shape index (κ3) is 2.61. The highest BCUT2D eigenvalue weighted by Gasteiger charge is 2.42. The summed E-state index contributed by atoms with van der Waals surface area (Å²) < 4.78 is 44.5. The van der Waals surface area contributed by atoms with Crippen LogP contribution in [0.3, 0.4) is 0 Å². The monoisotopic (exact) mass is 259 g/mol. The van der Waals surface area contributed by atoms with Gasteiger partial charge in [-0.05, 0) is 44.1 Å². The van der Waals surface area contributed by atoms with Gasteiger partial charge in [0.25, 0.3) is 0 Å². The van der Waals surface area contributed by atoms with Gasteiger partial charge in [0.2, 0.25) is 0 Å². The van der Waals surface area contributed by atoms with Crippen LogP contribution in [0.2, 0.25) is 0 Å². The summed E-state index contributed by atoms with van der Waals surface area (Å²) in [6, 6.07) is 3.20. The fourth-order valence-corrected chi connectivity index (χ4v) is 2.33. The van der Waals surface area contributed by atoms with Crippen LogP contribution in [0.4, 0.5) is 13.2 Å². The van der Waals surface area contributed by atoms with E-state index in [1.807, 2.05) is 0 Å². The van der Waals surface area contributed by atoms with Crippen molar-refractivity contribution in [3.8, 4) is 5.75 Å². The molecule has 1 heterocycles. The van der Waals surface area contributed by atoms with Gasteiger partial charge < -0.3 is 4.74 Å². The molecule has 2 nitrogen and oxygen atoms in total. The molecule has 0 radical (unpaired) electrons. The summed E-state index contributed by atoms with van der Waals surface area (Å²) in [5.74, 6) is 0.713. The second-order valence-corrected chi connectivity index (χ2v) is 4.73. The molecule has 1 aliphatic heterocycles. The largest absolute Gasteiger partial charge is 0.493 e. The maximum absolute atomic E-state index is 13.0. The van der Waals surface area contributed by atoms with Crippen molar-refractivity contribution in [3.63, 3.8) is 0 Å². The molecule has 0 saturated carbocycles. The molecule has 0 N–H and O–H groups in total.